The molecular weight excluding hydrogens is 490 g/mol. The second kappa shape index (κ2) is 9.70. The molecule has 3 aromatic rings. The van der Waals surface area contributed by atoms with Gasteiger partial charge in [-0.3, -0.25) is 9.59 Å². The Kier molecular flexibility index (Phi) is 7.05. The van der Waals surface area contributed by atoms with E-state index in [2.05, 4.69) is 33.2 Å². The molecule has 3 aromatic carbocycles. The van der Waals surface area contributed by atoms with Gasteiger partial charge in [0.15, 0.2) is 0 Å². The summed E-state index contributed by atoms with van der Waals surface area (Å²) in [6.07, 6.45) is 0. The Morgan fingerprint density at radius 3 is 2.32 bits per heavy atom. The zero-order valence-electron chi connectivity index (χ0n) is 14.6. The third-order valence-corrected chi connectivity index (χ3v) is 5.41. The molecule has 142 valence electrons. The molecule has 0 aliphatic heterocycles. The molecule has 28 heavy (non-hydrogen) atoms. The lowest BCUT2D eigenvalue weighted by atomic mass is 10.2. The Morgan fingerprint density at radius 2 is 1.61 bits per heavy atom. The molecule has 0 bridgehead atoms. The van der Waals surface area contributed by atoms with Gasteiger partial charge < -0.3 is 10.6 Å². The van der Waals surface area contributed by atoms with E-state index in [1.54, 1.807) is 18.2 Å². The number of amides is 2. The highest BCUT2D eigenvalue weighted by molar-refractivity contribution is 14.1. The Balaban J connectivity index is 1.55. The van der Waals surface area contributed by atoms with Crippen molar-refractivity contribution in [2.75, 3.05) is 16.4 Å². The van der Waals surface area contributed by atoms with E-state index in [9.17, 15) is 14.0 Å². The molecule has 0 spiro atoms. The molecule has 0 fully saturated rings. The summed E-state index contributed by atoms with van der Waals surface area (Å²) in [5.41, 5.74) is 1.74. The molecule has 2 amide bonds. The largest absolute Gasteiger partial charge is 0.325 e. The van der Waals surface area contributed by atoms with Gasteiger partial charge in [0.1, 0.15) is 5.82 Å². The highest BCUT2D eigenvalue weighted by Crippen LogP contribution is 2.22. The van der Waals surface area contributed by atoms with Crippen molar-refractivity contribution in [1.82, 2.24) is 0 Å². The van der Waals surface area contributed by atoms with Crippen LogP contribution < -0.4 is 10.6 Å². The van der Waals surface area contributed by atoms with Gasteiger partial charge in [0.05, 0.1) is 5.75 Å². The Labute approximate surface area is 180 Å². The molecule has 0 aliphatic rings. The zero-order chi connectivity index (χ0) is 19.9. The van der Waals surface area contributed by atoms with Gasteiger partial charge in [-0.2, -0.15) is 0 Å². The van der Waals surface area contributed by atoms with Crippen LogP contribution in [0, 0.1) is 9.39 Å². The molecular formula is C21H16FIN2O2S. The van der Waals surface area contributed by atoms with E-state index in [1.807, 2.05) is 30.3 Å². The number of hydrogen-bond acceptors (Lipinski definition) is 3. The Morgan fingerprint density at radius 1 is 0.893 bits per heavy atom. The smallest absolute Gasteiger partial charge is 0.255 e. The lowest BCUT2D eigenvalue weighted by molar-refractivity contribution is -0.113. The van der Waals surface area contributed by atoms with Crippen molar-refractivity contribution in [3.05, 3.63) is 87.7 Å². The van der Waals surface area contributed by atoms with Crippen molar-refractivity contribution < 1.29 is 14.0 Å². The lowest BCUT2D eigenvalue weighted by Gasteiger charge is -2.08. The summed E-state index contributed by atoms with van der Waals surface area (Å²) in [6.45, 7) is 0. The van der Waals surface area contributed by atoms with Crippen LogP contribution in [0.1, 0.15) is 10.4 Å². The lowest BCUT2D eigenvalue weighted by Crippen LogP contribution is -2.14. The van der Waals surface area contributed by atoms with E-state index in [0.29, 0.717) is 11.3 Å². The minimum Gasteiger partial charge on any atom is -0.325 e. The summed E-state index contributed by atoms with van der Waals surface area (Å²) in [6, 6.07) is 20.1. The minimum atomic E-state index is -0.390. The van der Waals surface area contributed by atoms with Crippen molar-refractivity contribution >= 4 is 57.5 Å². The number of halogens is 2. The predicted molar refractivity (Wildman–Crippen MR) is 119 cm³/mol. The van der Waals surface area contributed by atoms with Crippen molar-refractivity contribution in [2.45, 2.75) is 4.90 Å². The summed E-state index contributed by atoms with van der Waals surface area (Å²) < 4.78 is 14.1. The molecule has 3 rings (SSSR count). The molecule has 0 saturated heterocycles. The molecule has 2 N–H and O–H groups in total. The first-order chi connectivity index (χ1) is 13.5. The zero-order valence-corrected chi connectivity index (χ0v) is 17.6. The maximum Gasteiger partial charge on any atom is 0.255 e. The van der Waals surface area contributed by atoms with Crippen molar-refractivity contribution in [1.29, 1.82) is 0 Å². The first-order valence-corrected chi connectivity index (χ1v) is 10.4. The molecule has 7 heteroatoms. The second-order valence-electron chi connectivity index (χ2n) is 5.83. The minimum absolute atomic E-state index is 0.105. The number of carbonyl (C=O) groups excluding carboxylic acids is 2. The maximum atomic E-state index is 13.0. The molecule has 0 saturated carbocycles. The summed E-state index contributed by atoms with van der Waals surface area (Å²) in [7, 11) is 0. The molecule has 0 heterocycles. The quantitative estimate of drug-likeness (QED) is 0.347. The van der Waals surface area contributed by atoms with Crippen LogP contribution in [-0.2, 0) is 4.79 Å². The second-order valence-corrected chi connectivity index (χ2v) is 8.13. The first-order valence-electron chi connectivity index (χ1n) is 8.35. The summed E-state index contributed by atoms with van der Waals surface area (Å²) in [5, 5.41) is 5.62. The fourth-order valence-corrected chi connectivity index (χ4v) is 3.46. The van der Waals surface area contributed by atoms with Crippen LogP contribution in [0.2, 0.25) is 0 Å². The summed E-state index contributed by atoms with van der Waals surface area (Å²) in [5.74, 6) is -0.564. The van der Waals surface area contributed by atoms with Gasteiger partial charge in [-0.25, -0.2) is 4.39 Å². The van der Waals surface area contributed by atoms with Crippen molar-refractivity contribution in [3.63, 3.8) is 0 Å². The highest BCUT2D eigenvalue weighted by atomic mass is 127. The van der Waals surface area contributed by atoms with Gasteiger partial charge in [-0.1, -0.05) is 6.07 Å². The number of benzene rings is 3. The molecule has 0 unspecified atom stereocenters. The number of thioether (sulfide) groups is 1. The average molecular weight is 506 g/mol. The van der Waals surface area contributed by atoms with E-state index in [0.717, 1.165) is 14.2 Å². The monoisotopic (exact) mass is 506 g/mol. The van der Waals surface area contributed by atoms with E-state index < -0.39 is 5.82 Å². The number of anilines is 2. The van der Waals surface area contributed by atoms with Crippen LogP contribution in [0.15, 0.2) is 77.7 Å². The van der Waals surface area contributed by atoms with E-state index in [-0.39, 0.29) is 17.6 Å². The molecule has 0 radical (unpaired) electrons. The van der Waals surface area contributed by atoms with E-state index >= 15 is 0 Å². The SMILES string of the molecule is O=C(CSc1cccc(NC(=O)c2ccc(F)cc2)c1)Nc1ccc(I)cc1. The van der Waals surface area contributed by atoms with Crippen LogP contribution in [0.4, 0.5) is 15.8 Å². The van der Waals surface area contributed by atoms with Crippen LogP contribution in [0.3, 0.4) is 0 Å². The molecule has 0 aliphatic carbocycles. The van der Waals surface area contributed by atoms with E-state index in [1.165, 1.54) is 36.0 Å². The molecule has 0 aromatic heterocycles. The van der Waals surface area contributed by atoms with Crippen LogP contribution in [0.25, 0.3) is 0 Å². The van der Waals surface area contributed by atoms with E-state index in [4.69, 9.17) is 0 Å². The number of nitrogens with one attached hydrogen (secondary N) is 2. The average Bonchev–Trinajstić information content (AvgIpc) is 2.69. The van der Waals surface area contributed by atoms with Gasteiger partial charge >= 0.3 is 0 Å². The number of carbonyl (C=O) groups is 2. The fourth-order valence-electron chi connectivity index (χ4n) is 2.35. The Bertz CT molecular complexity index is 978. The van der Waals surface area contributed by atoms with Crippen molar-refractivity contribution in [2.24, 2.45) is 0 Å². The van der Waals surface area contributed by atoms with Crippen LogP contribution in [-0.4, -0.2) is 17.6 Å². The van der Waals surface area contributed by atoms with Crippen LogP contribution in [0.5, 0.6) is 0 Å². The van der Waals surface area contributed by atoms with Gasteiger partial charge in [-0.15, -0.1) is 11.8 Å². The Hall–Kier alpha value is -2.39. The summed E-state index contributed by atoms with van der Waals surface area (Å²) >= 11 is 3.58. The maximum absolute atomic E-state index is 13.0. The number of hydrogen-bond donors (Lipinski definition) is 2. The normalized spacial score (nSPS) is 10.4. The topological polar surface area (TPSA) is 58.2 Å². The summed E-state index contributed by atoms with van der Waals surface area (Å²) in [4.78, 5) is 25.2. The van der Waals surface area contributed by atoms with Crippen molar-refractivity contribution in [3.8, 4) is 0 Å². The molecule has 4 nitrogen and oxygen atoms in total. The third-order valence-electron chi connectivity index (χ3n) is 3.70. The standard InChI is InChI=1S/C21H16FIN2O2S/c22-15-6-4-14(5-7-15)21(27)25-18-2-1-3-19(12-18)28-13-20(26)24-17-10-8-16(23)9-11-17/h1-12H,13H2,(H,24,26)(H,25,27). The van der Waals surface area contributed by atoms with Gasteiger partial charge in [0.2, 0.25) is 5.91 Å². The number of rotatable bonds is 6. The van der Waals surface area contributed by atoms with Crippen LogP contribution >= 0.6 is 34.4 Å². The third kappa shape index (κ3) is 6.07. The fraction of sp³-hybridized carbons (Fsp3) is 0.0476. The van der Waals surface area contributed by atoms with Gasteiger partial charge in [0.25, 0.3) is 5.91 Å². The van der Waals surface area contributed by atoms with Gasteiger partial charge in [0, 0.05) is 25.4 Å². The first kappa shape index (κ1) is 20.3. The predicted octanol–water partition coefficient (Wildman–Crippen LogP) is 5.41. The highest BCUT2D eigenvalue weighted by Gasteiger charge is 2.08. The van der Waals surface area contributed by atoms with Gasteiger partial charge in [-0.05, 0) is 89.3 Å². The molecule has 0 atom stereocenters.